The van der Waals surface area contributed by atoms with Gasteiger partial charge in [-0.2, -0.15) is 0 Å². The lowest BCUT2D eigenvalue weighted by Crippen LogP contribution is -2.19. The van der Waals surface area contributed by atoms with Crippen molar-refractivity contribution in [3.05, 3.63) is 64.7 Å². The van der Waals surface area contributed by atoms with E-state index < -0.39 is 0 Å². The van der Waals surface area contributed by atoms with Crippen LogP contribution in [0, 0.1) is 6.92 Å². The van der Waals surface area contributed by atoms with E-state index in [1.807, 2.05) is 61.1 Å². The van der Waals surface area contributed by atoms with Crippen molar-refractivity contribution in [2.24, 2.45) is 12.0 Å². The minimum atomic E-state index is -0.187. The van der Waals surface area contributed by atoms with E-state index in [2.05, 4.69) is 10.3 Å². The number of rotatable bonds is 2. The molecule has 1 saturated heterocycles. The van der Waals surface area contributed by atoms with Gasteiger partial charge < -0.3 is 15.0 Å². The molecule has 130 valence electrons. The molecule has 0 aliphatic carbocycles. The third kappa shape index (κ3) is 2.99. The fourth-order valence-electron chi connectivity index (χ4n) is 2.95. The lowest BCUT2D eigenvalue weighted by molar-refractivity contribution is -0.115. The molecule has 2 aromatic carbocycles. The maximum atomic E-state index is 12.3. The van der Waals surface area contributed by atoms with Gasteiger partial charge in [0.25, 0.3) is 5.91 Å². The van der Waals surface area contributed by atoms with Gasteiger partial charge in [-0.1, -0.05) is 24.3 Å². The van der Waals surface area contributed by atoms with Gasteiger partial charge in [0.05, 0.1) is 4.91 Å². The molecule has 0 atom stereocenters. The number of aromatic nitrogens is 1. The topological polar surface area (TPSA) is 66.6 Å². The summed E-state index contributed by atoms with van der Waals surface area (Å²) in [7, 11) is 1.99. The average Bonchev–Trinajstić information content (AvgIpc) is 3.11. The molecule has 1 fully saturated rings. The monoisotopic (exact) mass is 363 g/mol. The van der Waals surface area contributed by atoms with Crippen LogP contribution in [0.4, 0.5) is 5.69 Å². The summed E-state index contributed by atoms with van der Waals surface area (Å²) < 4.78 is 2.04. The summed E-state index contributed by atoms with van der Waals surface area (Å²) in [6.45, 7) is 1.90. The van der Waals surface area contributed by atoms with Crippen LogP contribution in [0.15, 0.2) is 58.6 Å². The zero-order valence-electron chi connectivity index (χ0n) is 14.4. The molecule has 0 radical (unpaired) electrons. The van der Waals surface area contributed by atoms with Gasteiger partial charge in [0.2, 0.25) is 0 Å². The summed E-state index contributed by atoms with van der Waals surface area (Å²) in [5.74, 6) is -0.0906. The smallest absolute Gasteiger partial charge is 0.264 e. The van der Waals surface area contributed by atoms with Gasteiger partial charge in [-0.25, -0.2) is 4.99 Å². The Balaban J connectivity index is 1.67. The van der Waals surface area contributed by atoms with E-state index in [1.165, 1.54) is 11.8 Å². The molecule has 6 heteroatoms. The highest BCUT2D eigenvalue weighted by Crippen LogP contribution is 2.33. The predicted octanol–water partition coefficient (Wildman–Crippen LogP) is 4.08. The van der Waals surface area contributed by atoms with Crippen LogP contribution < -0.4 is 5.32 Å². The van der Waals surface area contributed by atoms with Gasteiger partial charge >= 0.3 is 0 Å². The SMILES string of the molecule is Cc1ccc(N=C2NC(=O)/C(=C/c3cn(C)c4ccccc34)S2)c(O)c1. The number of aryl methyl sites for hydroxylation is 2. The van der Waals surface area contributed by atoms with E-state index in [9.17, 15) is 9.90 Å². The number of aromatic hydroxyl groups is 1. The molecule has 0 saturated carbocycles. The van der Waals surface area contributed by atoms with Crippen LogP contribution in [0.1, 0.15) is 11.1 Å². The summed E-state index contributed by atoms with van der Waals surface area (Å²) >= 11 is 1.27. The van der Waals surface area contributed by atoms with E-state index in [0.717, 1.165) is 22.0 Å². The quantitative estimate of drug-likeness (QED) is 0.674. The number of hydrogen-bond donors (Lipinski definition) is 2. The van der Waals surface area contributed by atoms with Gasteiger partial charge in [-0.15, -0.1) is 0 Å². The molecule has 26 heavy (non-hydrogen) atoms. The lowest BCUT2D eigenvalue weighted by atomic mass is 10.1. The van der Waals surface area contributed by atoms with Crippen molar-refractivity contribution in [1.82, 2.24) is 9.88 Å². The highest BCUT2D eigenvalue weighted by atomic mass is 32.2. The van der Waals surface area contributed by atoms with Crippen molar-refractivity contribution < 1.29 is 9.90 Å². The zero-order chi connectivity index (χ0) is 18.3. The highest BCUT2D eigenvalue weighted by molar-refractivity contribution is 8.18. The van der Waals surface area contributed by atoms with Crippen molar-refractivity contribution in [2.75, 3.05) is 0 Å². The number of thioether (sulfide) groups is 1. The molecular weight excluding hydrogens is 346 g/mol. The molecule has 0 bridgehead atoms. The molecule has 1 amide bonds. The molecule has 2 heterocycles. The number of para-hydroxylation sites is 1. The summed E-state index contributed by atoms with van der Waals surface area (Å²) in [6, 6.07) is 13.3. The van der Waals surface area contributed by atoms with Crippen LogP contribution in [-0.2, 0) is 11.8 Å². The number of aliphatic imine (C=N–C) groups is 1. The number of nitrogens with zero attached hydrogens (tertiary/aromatic N) is 2. The minimum absolute atomic E-state index is 0.0961. The van der Waals surface area contributed by atoms with E-state index in [0.29, 0.717) is 15.8 Å². The lowest BCUT2D eigenvalue weighted by Gasteiger charge is -2.01. The van der Waals surface area contributed by atoms with E-state index in [-0.39, 0.29) is 11.7 Å². The van der Waals surface area contributed by atoms with Crippen molar-refractivity contribution in [3.8, 4) is 5.75 Å². The molecule has 5 nitrogen and oxygen atoms in total. The zero-order valence-corrected chi connectivity index (χ0v) is 15.2. The van der Waals surface area contributed by atoms with Crippen LogP contribution in [0.25, 0.3) is 17.0 Å². The summed E-state index contributed by atoms with van der Waals surface area (Å²) in [5, 5.41) is 14.3. The largest absolute Gasteiger partial charge is 0.506 e. The summed E-state index contributed by atoms with van der Waals surface area (Å²) in [4.78, 5) is 17.2. The van der Waals surface area contributed by atoms with E-state index >= 15 is 0 Å². The van der Waals surface area contributed by atoms with Gasteiger partial charge in [0, 0.05) is 29.7 Å². The minimum Gasteiger partial charge on any atom is -0.506 e. The number of benzene rings is 2. The number of carbonyl (C=O) groups excluding carboxylic acids is 1. The van der Waals surface area contributed by atoms with Crippen molar-refractivity contribution in [3.63, 3.8) is 0 Å². The fourth-order valence-corrected chi connectivity index (χ4v) is 3.77. The Bertz CT molecular complexity index is 1100. The standard InChI is InChI=1S/C20H17N3O2S/c1-12-7-8-15(17(24)9-12)21-20-22-19(25)18(26-20)10-13-11-23(2)16-6-4-3-5-14(13)16/h3-11,24H,1-2H3,(H,21,22,25)/b18-10-. The Kier molecular flexibility index (Phi) is 4.05. The first-order chi connectivity index (χ1) is 12.5. The Morgan fingerprint density at radius 2 is 2.04 bits per heavy atom. The molecule has 1 aliphatic heterocycles. The number of hydrogen-bond acceptors (Lipinski definition) is 4. The highest BCUT2D eigenvalue weighted by Gasteiger charge is 2.24. The van der Waals surface area contributed by atoms with Crippen LogP contribution in [-0.4, -0.2) is 20.7 Å². The number of amidine groups is 1. The third-order valence-corrected chi connectivity index (χ3v) is 5.13. The molecule has 1 aliphatic rings. The third-order valence-electron chi connectivity index (χ3n) is 4.22. The van der Waals surface area contributed by atoms with Gasteiger partial charge in [0.15, 0.2) is 5.17 Å². The molecule has 1 aromatic heterocycles. The Hall–Kier alpha value is -2.99. The maximum Gasteiger partial charge on any atom is 0.264 e. The first kappa shape index (κ1) is 16.5. The molecule has 4 rings (SSSR count). The number of fused-ring (bicyclic) bond motifs is 1. The molecule has 0 unspecified atom stereocenters. The Labute approximate surface area is 155 Å². The van der Waals surface area contributed by atoms with E-state index in [4.69, 9.17) is 0 Å². The van der Waals surface area contributed by atoms with Crippen molar-refractivity contribution in [1.29, 1.82) is 0 Å². The second kappa shape index (κ2) is 6.38. The van der Waals surface area contributed by atoms with Crippen LogP contribution in [0.5, 0.6) is 5.75 Å². The molecule has 2 N–H and O–H groups in total. The van der Waals surface area contributed by atoms with Crippen LogP contribution in [0.3, 0.4) is 0 Å². The fraction of sp³-hybridized carbons (Fsp3) is 0.100. The van der Waals surface area contributed by atoms with Crippen molar-refractivity contribution in [2.45, 2.75) is 6.92 Å². The number of amides is 1. The Morgan fingerprint density at radius 1 is 1.23 bits per heavy atom. The molecule has 0 spiro atoms. The Morgan fingerprint density at radius 3 is 2.85 bits per heavy atom. The predicted molar refractivity (Wildman–Crippen MR) is 107 cm³/mol. The number of nitrogens with one attached hydrogen (secondary N) is 1. The number of carbonyl (C=O) groups is 1. The number of phenols is 1. The normalized spacial score (nSPS) is 17.4. The van der Waals surface area contributed by atoms with Gasteiger partial charge in [-0.05, 0) is 48.5 Å². The molecule has 3 aromatic rings. The average molecular weight is 363 g/mol. The molecular formula is C20H17N3O2S. The second-order valence-corrected chi connectivity index (χ2v) is 7.22. The van der Waals surface area contributed by atoms with Gasteiger partial charge in [-0.3, -0.25) is 4.79 Å². The second-order valence-electron chi connectivity index (χ2n) is 6.19. The number of phenolic OH excluding ortho intramolecular Hbond substituents is 1. The maximum absolute atomic E-state index is 12.3. The summed E-state index contributed by atoms with van der Waals surface area (Å²) in [5.41, 5.74) is 3.48. The van der Waals surface area contributed by atoms with Crippen LogP contribution in [0.2, 0.25) is 0 Å². The summed E-state index contributed by atoms with van der Waals surface area (Å²) in [6.07, 6.45) is 3.88. The van der Waals surface area contributed by atoms with Crippen molar-refractivity contribution >= 4 is 45.5 Å². The van der Waals surface area contributed by atoms with Gasteiger partial charge in [0.1, 0.15) is 11.4 Å². The van der Waals surface area contributed by atoms with E-state index in [1.54, 1.807) is 12.1 Å². The first-order valence-corrected chi connectivity index (χ1v) is 8.96. The first-order valence-electron chi connectivity index (χ1n) is 8.14. The van der Waals surface area contributed by atoms with Crippen LogP contribution >= 0.6 is 11.8 Å².